The predicted molar refractivity (Wildman–Crippen MR) is 329 cm³/mol. The van der Waals surface area contributed by atoms with Gasteiger partial charge in [0.1, 0.15) is 39.8 Å². The predicted octanol–water partition coefficient (Wildman–Crippen LogP) is 14.8. The maximum Gasteiger partial charge on any atom is 0.330 e. The number of aliphatic hydroxyl groups excluding tert-OH is 1. The molecule has 1 heterocycles. The summed E-state index contributed by atoms with van der Waals surface area (Å²) >= 11 is 1.65. The Labute approximate surface area is 505 Å². The van der Waals surface area contributed by atoms with Gasteiger partial charge in [-0.3, -0.25) is 14.6 Å². The van der Waals surface area contributed by atoms with Gasteiger partial charge in [-0.1, -0.05) is 57.4 Å². The Morgan fingerprint density at radius 2 is 1.11 bits per heavy atom. The van der Waals surface area contributed by atoms with E-state index in [0.717, 1.165) is 136 Å². The van der Waals surface area contributed by atoms with E-state index in [-0.39, 0.29) is 48.4 Å². The van der Waals surface area contributed by atoms with Crippen molar-refractivity contribution >= 4 is 51.6 Å². The molecule has 458 valence electrons. The fourth-order valence-electron chi connectivity index (χ4n) is 10.3. The van der Waals surface area contributed by atoms with E-state index in [1.165, 1.54) is 12.2 Å². The highest BCUT2D eigenvalue weighted by molar-refractivity contribution is 7.18. The molecule has 0 spiro atoms. The van der Waals surface area contributed by atoms with Crippen LogP contribution >= 0.6 is 11.3 Å². The third-order valence-electron chi connectivity index (χ3n) is 15.3. The quantitative estimate of drug-likeness (QED) is 0.00741. The zero-order chi connectivity index (χ0) is 59.7. The summed E-state index contributed by atoms with van der Waals surface area (Å²) in [5, 5.41) is 10.2. The third-order valence-corrected chi connectivity index (χ3v) is 16.5. The fraction of sp³-hybridized carbons (Fsp3) is 0.500. The molecule has 0 bridgehead atoms. The fourth-order valence-corrected chi connectivity index (χ4v) is 11.4. The number of nitrogens with zero attached hydrogens (tertiary/aromatic N) is 2. The molecule has 17 heteroatoms. The second kappa shape index (κ2) is 37.4. The number of rotatable bonds is 39. The number of aliphatic imine (C=N–C) groups is 1. The van der Waals surface area contributed by atoms with Crippen LogP contribution in [0.3, 0.4) is 0 Å². The average molecular weight is 1190 g/mol. The van der Waals surface area contributed by atoms with Gasteiger partial charge in [-0.25, -0.2) is 14.6 Å². The maximum atomic E-state index is 13.8. The Hall–Kier alpha value is -7.08. The minimum atomic E-state index is -0.400. The van der Waals surface area contributed by atoms with Crippen molar-refractivity contribution in [3.05, 3.63) is 127 Å². The standard InChI is InChI=1S/C68H86N2O14S/c1-3-64(72)78-45-19-11-9-17-43-76-54-32-36-57(37-33-54)81-56-30-28-52(29-31-56)68(75)83-59-40-41-62(53(47-59)48-69-61(22-13-7-5-6-8-16-42-71)66-70-60-21-14-15-23-63(60)85-66)84-80-49-50-24-26-51(27-25-50)67(74)82-58-38-34-55(35-39-58)77-44-18-10-12-20-46-79-65(73)4-2/h3-4,14-15,21,23,32-41,47-48,50-52,56,61,71H,1-2,5-13,16-20,22,24-31,42-46,49H2. The van der Waals surface area contributed by atoms with Crippen molar-refractivity contribution in [1.29, 1.82) is 0 Å². The molecule has 2 aliphatic rings. The average Bonchev–Trinajstić information content (AvgIpc) is 4.23. The zero-order valence-corrected chi connectivity index (χ0v) is 50.1. The number of benzene rings is 4. The van der Waals surface area contributed by atoms with E-state index < -0.39 is 11.9 Å². The van der Waals surface area contributed by atoms with Crippen LogP contribution in [0.1, 0.15) is 164 Å². The lowest BCUT2D eigenvalue weighted by molar-refractivity contribution is -0.218. The smallest absolute Gasteiger partial charge is 0.330 e. The van der Waals surface area contributed by atoms with Gasteiger partial charge in [0, 0.05) is 30.5 Å². The number of aliphatic hydroxyl groups is 1. The summed E-state index contributed by atoms with van der Waals surface area (Å²) in [5.41, 5.74) is 1.53. The highest BCUT2D eigenvalue weighted by atomic mass is 32.1. The number of aromatic nitrogens is 1. The number of fused-ring (bicyclic) bond motifs is 1. The molecule has 1 aromatic heterocycles. The van der Waals surface area contributed by atoms with Gasteiger partial charge in [0.2, 0.25) is 0 Å². The summed E-state index contributed by atoms with van der Waals surface area (Å²) in [6.45, 7) is 9.30. The molecule has 2 aliphatic carbocycles. The van der Waals surface area contributed by atoms with Crippen molar-refractivity contribution in [3.63, 3.8) is 0 Å². The van der Waals surface area contributed by atoms with Gasteiger partial charge < -0.3 is 43.2 Å². The number of ether oxygens (including phenoxy) is 7. The molecule has 2 fully saturated rings. The van der Waals surface area contributed by atoms with Crippen LogP contribution in [0, 0.1) is 17.8 Å². The van der Waals surface area contributed by atoms with E-state index in [1.807, 2.05) is 42.5 Å². The van der Waals surface area contributed by atoms with Crippen LogP contribution in [0.4, 0.5) is 0 Å². The van der Waals surface area contributed by atoms with Crippen LogP contribution in [0.25, 0.3) is 10.2 Å². The second-order valence-electron chi connectivity index (χ2n) is 21.9. The van der Waals surface area contributed by atoms with Crippen molar-refractivity contribution in [2.24, 2.45) is 22.7 Å². The summed E-state index contributed by atoms with van der Waals surface area (Å²) in [6.07, 6.45) is 23.7. The Morgan fingerprint density at radius 3 is 1.71 bits per heavy atom. The molecular formula is C68H86N2O14S. The van der Waals surface area contributed by atoms with Crippen LogP contribution in [0.15, 0.2) is 121 Å². The van der Waals surface area contributed by atoms with Gasteiger partial charge in [-0.15, -0.1) is 11.3 Å². The number of hydrogen-bond acceptors (Lipinski definition) is 17. The Bertz CT molecular complexity index is 2800. The van der Waals surface area contributed by atoms with Gasteiger partial charge in [0.25, 0.3) is 0 Å². The SMILES string of the molecule is C=CC(=O)OCCCCCCOc1ccc(OC(=O)C2CCC(COOc3ccc(OC(=O)C4CCC(Oc5ccc(OCCCCCCOC(=O)C=C)cc5)CC4)cc3C=NC(CCCCCCCCO)c3nc4ccccc4s3)CC2)cc1. The number of unbranched alkanes of at least 4 members (excludes halogenated alkanes) is 11. The molecule has 85 heavy (non-hydrogen) atoms. The molecule has 0 aliphatic heterocycles. The molecule has 16 nitrogen and oxygen atoms in total. The van der Waals surface area contributed by atoms with Gasteiger partial charge in [0.15, 0.2) is 5.75 Å². The van der Waals surface area contributed by atoms with Crippen molar-refractivity contribution in [1.82, 2.24) is 4.98 Å². The van der Waals surface area contributed by atoms with Crippen LogP contribution in [0.2, 0.25) is 0 Å². The monoisotopic (exact) mass is 1190 g/mol. The first-order chi connectivity index (χ1) is 41.7. The van der Waals surface area contributed by atoms with Crippen molar-refractivity contribution < 1.29 is 67.2 Å². The highest BCUT2D eigenvalue weighted by Crippen LogP contribution is 2.36. The van der Waals surface area contributed by atoms with E-state index in [4.69, 9.17) is 52.9 Å². The lowest BCUT2D eigenvalue weighted by Gasteiger charge is -2.28. The largest absolute Gasteiger partial charge is 0.494 e. The lowest BCUT2D eigenvalue weighted by atomic mass is 9.82. The number of hydrogen-bond donors (Lipinski definition) is 1. The number of thiazole rings is 1. The van der Waals surface area contributed by atoms with E-state index in [2.05, 4.69) is 19.2 Å². The molecule has 4 aromatic carbocycles. The minimum Gasteiger partial charge on any atom is -0.494 e. The van der Waals surface area contributed by atoms with Crippen LogP contribution in [-0.2, 0) is 33.5 Å². The second-order valence-corrected chi connectivity index (χ2v) is 22.9. The molecule has 5 aromatic rings. The van der Waals surface area contributed by atoms with Gasteiger partial charge >= 0.3 is 23.9 Å². The summed E-state index contributed by atoms with van der Waals surface area (Å²) in [4.78, 5) is 71.6. The van der Waals surface area contributed by atoms with E-state index in [1.54, 1.807) is 60.0 Å². The summed E-state index contributed by atoms with van der Waals surface area (Å²) in [5.74, 6) is 1.85. The first kappa shape index (κ1) is 65.5. The van der Waals surface area contributed by atoms with E-state index >= 15 is 0 Å². The Kier molecular flexibility index (Phi) is 28.8. The van der Waals surface area contributed by atoms with E-state index in [9.17, 15) is 24.3 Å². The van der Waals surface area contributed by atoms with Gasteiger partial charge in [-0.2, -0.15) is 4.89 Å². The normalized spacial score (nSPS) is 17.1. The van der Waals surface area contributed by atoms with Crippen LogP contribution < -0.4 is 28.6 Å². The highest BCUT2D eigenvalue weighted by Gasteiger charge is 2.30. The summed E-state index contributed by atoms with van der Waals surface area (Å²) in [7, 11) is 0. The Balaban J connectivity index is 0.894. The minimum absolute atomic E-state index is 0.0267. The van der Waals surface area contributed by atoms with Gasteiger partial charge in [-0.05, 0) is 200 Å². The summed E-state index contributed by atoms with van der Waals surface area (Å²) in [6, 6.07) is 27.9. The number of esters is 4. The van der Waals surface area contributed by atoms with Crippen LogP contribution in [-0.4, -0.2) is 85.9 Å². The first-order valence-corrected chi connectivity index (χ1v) is 31.5. The molecule has 1 N–H and O–H groups in total. The molecular weight excluding hydrogens is 1100 g/mol. The number of carbonyl (C=O) groups is 4. The van der Waals surface area contributed by atoms with Crippen molar-refractivity contribution in [3.8, 4) is 34.5 Å². The molecule has 0 amide bonds. The molecule has 1 unspecified atom stereocenters. The zero-order valence-electron chi connectivity index (χ0n) is 49.3. The van der Waals surface area contributed by atoms with E-state index in [0.29, 0.717) is 100 Å². The molecule has 0 saturated heterocycles. The molecule has 0 radical (unpaired) electrons. The molecule has 1 atom stereocenters. The third kappa shape index (κ3) is 23.7. The summed E-state index contributed by atoms with van der Waals surface area (Å²) < 4.78 is 41.2. The lowest BCUT2D eigenvalue weighted by Crippen LogP contribution is -2.30. The molecule has 7 rings (SSSR count). The maximum absolute atomic E-state index is 13.8. The number of carbonyl (C=O) groups excluding carboxylic acids is 4. The topological polar surface area (TPSA) is 197 Å². The number of para-hydroxylation sites is 1. The van der Waals surface area contributed by atoms with Crippen LogP contribution in [0.5, 0.6) is 34.5 Å². The van der Waals surface area contributed by atoms with Crippen molar-refractivity contribution in [2.75, 3.05) is 39.6 Å². The first-order valence-electron chi connectivity index (χ1n) is 30.7. The van der Waals surface area contributed by atoms with Crippen molar-refractivity contribution in [2.45, 2.75) is 160 Å². The molecule has 2 saturated carbocycles. The van der Waals surface area contributed by atoms with Gasteiger partial charge in [0.05, 0.1) is 61.2 Å². The Morgan fingerprint density at radius 1 is 0.588 bits per heavy atom.